The van der Waals surface area contributed by atoms with E-state index in [0.29, 0.717) is 6.04 Å². The average Bonchev–Trinajstić information content (AvgIpc) is 3.08. The van der Waals surface area contributed by atoms with E-state index in [0.717, 1.165) is 32.4 Å². The van der Waals surface area contributed by atoms with Crippen LogP contribution in [0.1, 0.15) is 23.8 Å². The van der Waals surface area contributed by atoms with Crippen LogP contribution in [0.3, 0.4) is 0 Å². The highest BCUT2D eigenvalue weighted by Crippen LogP contribution is 2.43. The van der Waals surface area contributed by atoms with Crippen LogP contribution in [0.15, 0.2) is 24.3 Å². The minimum atomic E-state index is 0.552. The smallest absolute Gasteiger partial charge is 0.144 e. The highest BCUT2D eigenvalue weighted by Gasteiger charge is 2.29. The number of thiophene rings is 1. The minimum Gasteiger partial charge on any atom is -0.390 e. The van der Waals surface area contributed by atoms with Gasteiger partial charge in [-0.1, -0.05) is 11.6 Å². The second-order valence-electron chi connectivity index (χ2n) is 5.30. The molecule has 102 valence electrons. The maximum Gasteiger partial charge on any atom is 0.144 e. The number of hydrogen-bond acceptors (Lipinski definition) is 3. The Morgan fingerprint density at radius 3 is 2.80 bits per heavy atom. The summed E-state index contributed by atoms with van der Waals surface area (Å²) in [5, 5.41) is 1.56. The highest BCUT2D eigenvalue weighted by atomic mass is 35.5. The third-order valence-corrected chi connectivity index (χ3v) is 4.80. The highest BCUT2D eigenvalue weighted by molar-refractivity contribution is 7.16. The summed E-state index contributed by atoms with van der Waals surface area (Å²) in [4.78, 5) is 6.00. The van der Waals surface area contributed by atoms with Gasteiger partial charge >= 0.3 is 0 Å². The second-order valence-corrected chi connectivity index (χ2v) is 7.03. The predicted octanol–water partition coefficient (Wildman–Crippen LogP) is 4.64. The Hall–Kier alpha value is -1.52. The Morgan fingerprint density at radius 1 is 1.35 bits per heavy atom. The molecule has 1 fully saturated rings. The van der Waals surface area contributed by atoms with Crippen LogP contribution in [-0.2, 0) is 0 Å². The lowest BCUT2D eigenvalue weighted by atomic mass is 10.2. The molecule has 0 amide bonds. The summed E-state index contributed by atoms with van der Waals surface area (Å²) in [5.74, 6) is 0.978. The Bertz CT molecular complexity index is 814. The molecule has 0 radical (unpaired) electrons. The van der Waals surface area contributed by atoms with E-state index < -0.39 is 0 Å². The number of aryl methyl sites for hydroxylation is 1. The van der Waals surface area contributed by atoms with Crippen molar-refractivity contribution in [3.8, 4) is 11.4 Å². The predicted molar refractivity (Wildman–Crippen MR) is 85.5 cm³/mol. The fourth-order valence-corrected chi connectivity index (χ4v) is 3.62. The number of anilines is 1. The van der Waals surface area contributed by atoms with E-state index in [1.165, 1.54) is 17.7 Å². The lowest BCUT2D eigenvalue weighted by molar-refractivity contribution is 0.776. The van der Waals surface area contributed by atoms with Crippen LogP contribution in [0.2, 0.25) is 5.02 Å². The van der Waals surface area contributed by atoms with E-state index in [1.54, 1.807) is 11.3 Å². The first-order valence-electron chi connectivity index (χ1n) is 6.67. The number of fused-ring (bicyclic) bond motifs is 1. The molecule has 20 heavy (non-hydrogen) atoms. The zero-order chi connectivity index (χ0) is 13.9. The quantitative estimate of drug-likeness (QED) is 0.749. The van der Waals surface area contributed by atoms with Gasteiger partial charge in [-0.15, -0.1) is 11.3 Å². The molecule has 0 atom stereocenters. The van der Waals surface area contributed by atoms with Crippen molar-refractivity contribution in [1.29, 1.82) is 0 Å². The maximum atomic E-state index is 6.15. The third kappa shape index (κ3) is 1.83. The van der Waals surface area contributed by atoms with Gasteiger partial charge in [-0.25, -0.2) is 4.98 Å². The summed E-state index contributed by atoms with van der Waals surface area (Å²) in [7, 11) is 0. The summed E-state index contributed by atoms with van der Waals surface area (Å²) < 4.78 is 2.32. The Kier molecular flexibility index (Phi) is 2.59. The van der Waals surface area contributed by atoms with E-state index in [1.807, 2.05) is 12.1 Å². The monoisotopic (exact) mass is 303 g/mol. The molecule has 3 nitrogen and oxygen atoms in total. The summed E-state index contributed by atoms with van der Waals surface area (Å²) in [6.07, 6.45) is 2.42. The Balaban J connectivity index is 2.03. The van der Waals surface area contributed by atoms with E-state index in [2.05, 4.69) is 23.6 Å². The van der Waals surface area contributed by atoms with Gasteiger partial charge in [-0.05, 0) is 44.0 Å². The van der Waals surface area contributed by atoms with Gasteiger partial charge in [0.2, 0.25) is 0 Å². The molecule has 1 saturated carbocycles. The molecule has 1 aliphatic carbocycles. The van der Waals surface area contributed by atoms with Crippen molar-refractivity contribution in [2.24, 2.45) is 0 Å². The summed E-state index contributed by atoms with van der Waals surface area (Å²) in [5.41, 5.74) is 9.30. The molecule has 5 heteroatoms. The van der Waals surface area contributed by atoms with E-state index in [9.17, 15) is 0 Å². The van der Waals surface area contributed by atoms with Crippen molar-refractivity contribution >= 4 is 39.0 Å². The van der Waals surface area contributed by atoms with Crippen LogP contribution in [0.25, 0.3) is 22.4 Å². The van der Waals surface area contributed by atoms with Crippen molar-refractivity contribution in [3.05, 3.63) is 34.2 Å². The third-order valence-electron chi connectivity index (χ3n) is 3.69. The Morgan fingerprint density at radius 2 is 2.15 bits per heavy atom. The standard InChI is InChI=1S/C15H14ClN3S/c1-8-6-11(14(17)20-8)15-18-12-7-9(16)2-5-13(12)19(15)10-3-4-10/h2,5-7,10H,3-4,17H2,1H3. The molecular formula is C15H14ClN3S. The molecular weight excluding hydrogens is 290 g/mol. The topological polar surface area (TPSA) is 43.8 Å². The molecule has 1 aliphatic rings. The van der Waals surface area contributed by atoms with Gasteiger partial charge in [-0.3, -0.25) is 0 Å². The number of rotatable bonds is 2. The van der Waals surface area contributed by atoms with Crippen LogP contribution in [-0.4, -0.2) is 9.55 Å². The van der Waals surface area contributed by atoms with Gasteiger partial charge < -0.3 is 10.3 Å². The fourth-order valence-electron chi connectivity index (χ4n) is 2.67. The number of imidazole rings is 1. The van der Waals surface area contributed by atoms with Gasteiger partial charge in [0.25, 0.3) is 0 Å². The number of benzene rings is 1. The molecule has 0 aliphatic heterocycles. The van der Waals surface area contributed by atoms with E-state index in [-0.39, 0.29) is 0 Å². The minimum absolute atomic E-state index is 0.552. The summed E-state index contributed by atoms with van der Waals surface area (Å²) in [6.45, 7) is 2.07. The van der Waals surface area contributed by atoms with Crippen LogP contribution >= 0.6 is 22.9 Å². The van der Waals surface area contributed by atoms with E-state index >= 15 is 0 Å². The largest absolute Gasteiger partial charge is 0.390 e. The molecule has 3 aromatic rings. The van der Waals surface area contributed by atoms with Crippen LogP contribution in [0.5, 0.6) is 0 Å². The van der Waals surface area contributed by atoms with Gasteiger partial charge in [0, 0.05) is 15.9 Å². The molecule has 0 spiro atoms. The van der Waals surface area contributed by atoms with Crippen LogP contribution < -0.4 is 5.73 Å². The lowest BCUT2D eigenvalue weighted by Crippen LogP contribution is -1.98. The molecule has 0 saturated heterocycles. The fraction of sp³-hybridized carbons (Fsp3) is 0.267. The molecule has 4 rings (SSSR count). The summed E-state index contributed by atoms with van der Waals surface area (Å²) in [6, 6.07) is 8.59. The zero-order valence-corrected chi connectivity index (χ0v) is 12.6. The maximum absolute atomic E-state index is 6.15. The summed E-state index contributed by atoms with van der Waals surface area (Å²) >= 11 is 7.70. The Labute approximate surface area is 126 Å². The molecule has 0 bridgehead atoms. The first-order valence-corrected chi connectivity index (χ1v) is 7.86. The number of nitrogens with two attached hydrogens (primary N) is 1. The van der Waals surface area contributed by atoms with Gasteiger partial charge in [0.05, 0.1) is 21.6 Å². The lowest BCUT2D eigenvalue weighted by Gasteiger charge is -2.07. The first kappa shape index (κ1) is 12.2. The normalized spacial score (nSPS) is 15.1. The van der Waals surface area contributed by atoms with Gasteiger partial charge in [0.1, 0.15) is 5.82 Å². The molecule has 2 heterocycles. The number of halogens is 1. The van der Waals surface area contributed by atoms with Crippen molar-refractivity contribution in [2.75, 3.05) is 5.73 Å². The molecule has 2 aromatic heterocycles. The number of nitrogens with zero attached hydrogens (tertiary/aromatic N) is 2. The second kappa shape index (κ2) is 4.24. The van der Waals surface area contributed by atoms with Gasteiger partial charge in [0.15, 0.2) is 0 Å². The van der Waals surface area contributed by atoms with Gasteiger partial charge in [-0.2, -0.15) is 0 Å². The zero-order valence-electron chi connectivity index (χ0n) is 11.1. The average molecular weight is 304 g/mol. The molecule has 0 unspecified atom stereocenters. The van der Waals surface area contributed by atoms with Crippen molar-refractivity contribution < 1.29 is 0 Å². The van der Waals surface area contributed by atoms with Crippen LogP contribution in [0, 0.1) is 6.92 Å². The SMILES string of the molecule is Cc1cc(-c2nc3cc(Cl)ccc3n2C2CC2)c(N)s1. The molecule has 2 N–H and O–H groups in total. The van der Waals surface area contributed by atoms with E-state index in [4.69, 9.17) is 22.3 Å². The van der Waals surface area contributed by atoms with Crippen LogP contribution in [0.4, 0.5) is 5.00 Å². The van der Waals surface area contributed by atoms with Crippen molar-refractivity contribution in [3.63, 3.8) is 0 Å². The number of hydrogen-bond donors (Lipinski definition) is 1. The first-order chi connectivity index (χ1) is 9.63. The van der Waals surface area contributed by atoms with Crippen molar-refractivity contribution in [2.45, 2.75) is 25.8 Å². The molecule has 1 aromatic carbocycles. The number of nitrogen functional groups attached to an aromatic ring is 1. The van der Waals surface area contributed by atoms with Crippen molar-refractivity contribution in [1.82, 2.24) is 9.55 Å². The number of aromatic nitrogens is 2.